The fraction of sp³-hybridized carbons (Fsp3) is 0.118. The zero-order valence-corrected chi connectivity index (χ0v) is 15.3. The van der Waals surface area contributed by atoms with Gasteiger partial charge in [-0.3, -0.25) is 9.36 Å². The van der Waals surface area contributed by atoms with E-state index in [1.54, 1.807) is 0 Å². The minimum Gasteiger partial charge on any atom is -0.325 e. The number of para-hydroxylation sites is 1. The highest BCUT2D eigenvalue weighted by Crippen LogP contribution is 2.22. The summed E-state index contributed by atoms with van der Waals surface area (Å²) in [4.78, 5) is 12.1. The molecule has 1 aromatic heterocycles. The number of halogens is 1. The Morgan fingerprint density at radius 1 is 1.12 bits per heavy atom. The average molecular weight is 403 g/mol. The summed E-state index contributed by atoms with van der Waals surface area (Å²) in [6, 6.07) is 17.3. The minimum atomic E-state index is -0.0809. The molecule has 0 fully saturated rings. The third-order valence-corrected chi connectivity index (χ3v) is 4.73. The van der Waals surface area contributed by atoms with E-state index in [1.165, 1.54) is 11.8 Å². The van der Waals surface area contributed by atoms with E-state index in [1.807, 2.05) is 66.1 Å². The maximum atomic E-state index is 12.1. The molecule has 3 rings (SSSR count). The van der Waals surface area contributed by atoms with Gasteiger partial charge in [-0.15, -0.1) is 10.2 Å². The van der Waals surface area contributed by atoms with Gasteiger partial charge in [-0.05, 0) is 43.3 Å². The normalized spacial score (nSPS) is 10.6. The Balaban J connectivity index is 1.67. The number of hydrogen-bond donors (Lipinski definition) is 1. The molecular formula is C17H15BrN4OS. The first-order chi connectivity index (χ1) is 11.6. The van der Waals surface area contributed by atoms with Crippen molar-refractivity contribution in [3.05, 3.63) is 64.9 Å². The highest BCUT2D eigenvalue weighted by atomic mass is 79.9. The molecule has 0 aliphatic carbocycles. The smallest absolute Gasteiger partial charge is 0.234 e. The van der Waals surface area contributed by atoms with Gasteiger partial charge in [-0.1, -0.05) is 45.9 Å². The van der Waals surface area contributed by atoms with Crippen molar-refractivity contribution >= 4 is 39.3 Å². The van der Waals surface area contributed by atoms with Crippen LogP contribution in [-0.4, -0.2) is 26.4 Å². The number of carbonyl (C=O) groups excluding carboxylic acids is 1. The van der Waals surface area contributed by atoms with Crippen molar-refractivity contribution in [3.8, 4) is 5.69 Å². The minimum absolute atomic E-state index is 0.0809. The number of amides is 1. The number of aromatic nitrogens is 3. The van der Waals surface area contributed by atoms with Crippen LogP contribution in [0.15, 0.2) is 64.2 Å². The molecule has 0 saturated heterocycles. The zero-order chi connectivity index (χ0) is 16.9. The topological polar surface area (TPSA) is 59.8 Å². The van der Waals surface area contributed by atoms with E-state index in [-0.39, 0.29) is 11.7 Å². The lowest BCUT2D eigenvalue weighted by Gasteiger charge is -2.08. The van der Waals surface area contributed by atoms with E-state index in [9.17, 15) is 4.79 Å². The molecule has 0 saturated carbocycles. The van der Waals surface area contributed by atoms with Crippen LogP contribution in [0, 0.1) is 6.92 Å². The first-order valence-corrected chi connectivity index (χ1v) is 9.07. The van der Waals surface area contributed by atoms with E-state index < -0.39 is 0 Å². The predicted molar refractivity (Wildman–Crippen MR) is 99.6 cm³/mol. The summed E-state index contributed by atoms with van der Waals surface area (Å²) in [6.07, 6.45) is 0. The molecule has 3 aromatic rings. The number of aryl methyl sites for hydroxylation is 1. The Bertz CT molecular complexity index is 834. The van der Waals surface area contributed by atoms with Crippen molar-refractivity contribution in [2.45, 2.75) is 12.1 Å². The van der Waals surface area contributed by atoms with E-state index in [0.717, 1.165) is 21.7 Å². The first kappa shape index (κ1) is 16.7. The monoisotopic (exact) mass is 402 g/mol. The average Bonchev–Trinajstić information content (AvgIpc) is 2.96. The molecule has 0 atom stereocenters. The van der Waals surface area contributed by atoms with Crippen LogP contribution in [0.4, 0.5) is 5.69 Å². The van der Waals surface area contributed by atoms with Crippen LogP contribution in [0.1, 0.15) is 5.82 Å². The van der Waals surface area contributed by atoms with Gasteiger partial charge in [0.25, 0.3) is 0 Å². The van der Waals surface area contributed by atoms with Crippen molar-refractivity contribution in [1.82, 2.24) is 14.8 Å². The fourth-order valence-electron chi connectivity index (χ4n) is 2.17. The molecule has 1 amide bonds. The van der Waals surface area contributed by atoms with Crippen molar-refractivity contribution in [2.75, 3.05) is 11.1 Å². The number of rotatable bonds is 5. The van der Waals surface area contributed by atoms with Crippen LogP contribution >= 0.6 is 27.7 Å². The number of nitrogens with one attached hydrogen (secondary N) is 1. The lowest BCUT2D eigenvalue weighted by Crippen LogP contribution is -2.14. The van der Waals surface area contributed by atoms with Gasteiger partial charge in [0.1, 0.15) is 5.82 Å². The van der Waals surface area contributed by atoms with Crippen LogP contribution in [0.5, 0.6) is 0 Å². The molecule has 2 aromatic carbocycles. The van der Waals surface area contributed by atoms with Gasteiger partial charge >= 0.3 is 0 Å². The van der Waals surface area contributed by atoms with Gasteiger partial charge in [0.05, 0.1) is 5.75 Å². The Kier molecular flexibility index (Phi) is 5.32. The number of hydrogen-bond acceptors (Lipinski definition) is 4. The highest BCUT2D eigenvalue weighted by molar-refractivity contribution is 9.10. The quantitative estimate of drug-likeness (QED) is 0.653. The van der Waals surface area contributed by atoms with E-state index in [4.69, 9.17) is 0 Å². The summed E-state index contributed by atoms with van der Waals surface area (Å²) in [5, 5.41) is 11.9. The third kappa shape index (κ3) is 4.04. The van der Waals surface area contributed by atoms with Crippen molar-refractivity contribution in [3.63, 3.8) is 0 Å². The largest absolute Gasteiger partial charge is 0.325 e. The number of benzene rings is 2. The summed E-state index contributed by atoms with van der Waals surface area (Å²) < 4.78 is 2.92. The van der Waals surface area contributed by atoms with Crippen LogP contribution in [-0.2, 0) is 4.79 Å². The third-order valence-electron chi connectivity index (χ3n) is 3.27. The summed E-state index contributed by atoms with van der Waals surface area (Å²) in [6.45, 7) is 1.89. The van der Waals surface area contributed by atoms with Crippen LogP contribution in [0.25, 0.3) is 5.69 Å². The predicted octanol–water partition coefficient (Wildman–Crippen LogP) is 4.07. The Morgan fingerprint density at radius 2 is 1.83 bits per heavy atom. The standard InChI is InChI=1S/C17H15BrN4OS/c1-12-20-21-17(22(12)15-5-3-2-4-6-15)24-11-16(23)19-14-9-7-13(18)8-10-14/h2-10H,11H2,1H3,(H,19,23). The molecule has 0 aliphatic rings. The molecule has 0 radical (unpaired) electrons. The zero-order valence-electron chi connectivity index (χ0n) is 12.9. The second-order valence-corrected chi connectivity index (χ2v) is 6.90. The van der Waals surface area contributed by atoms with E-state index in [2.05, 4.69) is 31.4 Å². The second-order valence-electron chi connectivity index (χ2n) is 5.04. The maximum Gasteiger partial charge on any atom is 0.234 e. The summed E-state index contributed by atoms with van der Waals surface area (Å²) in [5.41, 5.74) is 1.75. The maximum absolute atomic E-state index is 12.1. The van der Waals surface area contributed by atoms with Crippen molar-refractivity contribution in [2.24, 2.45) is 0 Å². The molecule has 0 aliphatic heterocycles. The molecule has 122 valence electrons. The van der Waals surface area contributed by atoms with Crippen LogP contribution in [0.3, 0.4) is 0 Å². The molecule has 7 heteroatoms. The summed E-state index contributed by atoms with van der Waals surface area (Å²) in [5.74, 6) is 0.973. The van der Waals surface area contributed by atoms with Gasteiger partial charge in [-0.2, -0.15) is 0 Å². The SMILES string of the molecule is Cc1nnc(SCC(=O)Nc2ccc(Br)cc2)n1-c1ccccc1. The molecule has 1 N–H and O–H groups in total. The second kappa shape index (κ2) is 7.63. The van der Waals surface area contributed by atoms with E-state index in [0.29, 0.717) is 5.16 Å². The van der Waals surface area contributed by atoms with Crippen LogP contribution < -0.4 is 5.32 Å². The molecule has 0 bridgehead atoms. The number of carbonyl (C=O) groups is 1. The molecule has 5 nitrogen and oxygen atoms in total. The van der Waals surface area contributed by atoms with E-state index >= 15 is 0 Å². The van der Waals surface area contributed by atoms with Gasteiger partial charge < -0.3 is 5.32 Å². The van der Waals surface area contributed by atoms with Crippen LogP contribution in [0.2, 0.25) is 0 Å². The number of thioether (sulfide) groups is 1. The Morgan fingerprint density at radius 3 is 2.54 bits per heavy atom. The molecule has 24 heavy (non-hydrogen) atoms. The molecule has 0 spiro atoms. The first-order valence-electron chi connectivity index (χ1n) is 7.29. The number of nitrogens with zero attached hydrogens (tertiary/aromatic N) is 3. The van der Waals surface area contributed by atoms with Crippen molar-refractivity contribution in [1.29, 1.82) is 0 Å². The van der Waals surface area contributed by atoms with Gasteiger partial charge in [0, 0.05) is 15.8 Å². The lowest BCUT2D eigenvalue weighted by molar-refractivity contribution is -0.113. The van der Waals surface area contributed by atoms with Crippen molar-refractivity contribution < 1.29 is 4.79 Å². The summed E-state index contributed by atoms with van der Waals surface area (Å²) >= 11 is 4.73. The van der Waals surface area contributed by atoms with Gasteiger partial charge in [0.15, 0.2) is 5.16 Å². The summed E-state index contributed by atoms with van der Waals surface area (Å²) in [7, 11) is 0. The molecule has 0 unspecified atom stereocenters. The molecule has 1 heterocycles. The number of anilines is 1. The lowest BCUT2D eigenvalue weighted by atomic mass is 10.3. The Hall–Kier alpha value is -2.12. The molecular weight excluding hydrogens is 388 g/mol. The van der Waals surface area contributed by atoms with Gasteiger partial charge in [0.2, 0.25) is 5.91 Å². The fourth-order valence-corrected chi connectivity index (χ4v) is 3.23. The van der Waals surface area contributed by atoms with Gasteiger partial charge in [-0.25, -0.2) is 0 Å². The Labute approximate surface area is 152 Å². The highest BCUT2D eigenvalue weighted by Gasteiger charge is 2.13.